The quantitative estimate of drug-likeness (QED) is 0.783. The van der Waals surface area contributed by atoms with E-state index < -0.39 is 0 Å². The number of fused-ring (bicyclic) bond motifs is 1. The summed E-state index contributed by atoms with van der Waals surface area (Å²) in [6, 6.07) is 6.03. The summed E-state index contributed by atoms with van der Waals surface area (Å²) in [6.45, 7) is 2.59. The molecule has 5 heteroatoms. The second kappa shape index (κ2) is 3.56. The Morgan fingerprint density at radius 2 is 2.29 bits per heavy atom. The fourth-order valence-electron chi connectivity index (χ4n) is 2.23. The van der Waals surface area contributed by atoms with Crippen LogP contribution in [0.1, 0.15) is 24.2 Å². The molecule has 0 saturated heterocycles. The lowest BCUT2D eigenvalue weighted by Crippen LogP contribution is -2.22. The molecule has 4 nitrogen and oxygen atoms in total. The van der Waals surface area contributed by atoms with Gasteiger partial charge in [0.2, 0.25) is 0 Å². The van der Waals surface area contributed by atoms with Crippen LogP contribution in [-0.2, 0) is 6.54 Å². The summed E-state index contributed by atoms with van der Waals surface area (Å²) in [6.07, 6.45) is 0. The normalized spacial score (nSPS) is 18.4. The first-order valence-corrected chi connectivity index (χ1v) is 5.50. The van der Waals surface area contributed by atoms with E-state index in [2.05, 4.69) is 10.4 Å². The largest absolute Gasteiger partial charge is 0.304 e. The topological polar surface area (TPSA) is 49.8 Å². The van der Waals surface area contributed by atoms with Crippen LogP contribution in [0.15, 0.2) is 29.1 Å². The molecule has 1 unspecified atom stereocenters. The van der Waals surface area contributed by atoms with E-state index >= 15 is 0 Å². The van der Waals surface area contributed by atoms with Crippen LogP contribution in [0.3, 0.4) is 0 Å². The number of H-pyrrole nitrogens is 1. The molecule has 1 aliphatic rings. The summed E-state index contributed by atoms with van der Waals surface area (Å²) in [4.78, 5) is 12.2. The highest BCUT2D eigenvalue weighted by atomic mass is 19.1. The van der Waals surface area contributed by atoms with Gasteiger partial charge in [0.25, 0.3) is 5.56 Å². The van der Waals surface area contributed by atoms with E-state index in [0.717, 1.165) is 11.3 Å². The van der Waals surface area contributed by atoms with Gasteiger partial charge in [-0.15, -0.1) is 0 Å². The minimum atomic E-state index is -0.352. The molecule has 0 spiro atoms. The number of nitrogens with one attached hydrogen (secondary N) is 2. The molecule has 0 amide bonds. The number of rotatable bonds is 1. The number of halogens is 1. The number of aromatic amines is 1. The van der Waals surface area contributed by atoms with Gasteiger partial charge >= 0.3 is 0 Å². The molecule has 2 aromatic rings. The minimum absolute atomic E-state index is 0.0450. The Balaban J connectivity index is 2.18. The smallest absolute Gasteiger partial charge is 0.276 e. The van der Waals surface area contributed by atoms with Crippen molar-refractivity contribution in [3.8, 4) is 5.69 Å². The first-order chi connectivity index (χ1) is 8.16. The molecule has 1 aliphatic heterocycles. The molecule has 1 aromatic heterocycles. The third-order valence-corrected chi connectivity index (χ3v) is 3.09. The first kappa shape index (κ1) is 10.3. The van der Waals surface area contributed by atoms with E-state index in [4.69, 9.17) is 0 Å². The minimum Gasteiger partial charge on any atom is -0.304 e. The number of benzene rings is 1. The van der Waals surface area contributed by atoms with Gasteiger partial charge in [-0.3, -0.25) is 9.89 Å². The van der Waals surface area contributed by atoms with Crippen molar-refractivity contribution < 1.29 is 4.39 Å². The summed E-state index contributed by atoms with van der Waals surface area (Å²) >= 11 is 0. The highest BCUT2D eigenvalue weighted by Crippen LogP contribution is 2.20. The molecule has 0 bridgehead atoms. The summed E-state index contributed by atoms with van der Waals surface area (Å²) in [5.74, 6) is -0.352. The summed E-state index contributed by atoms with van der Waals surface area (Å²) in [5.41, 5.74) is 2.04. The van der Waals surface area contributed by atoms with Crippen LogP contribution >= 0.6 is 0 Å². The number of hydrogen-bond donors (Lipinski definition) is 2. The van der Waals surface area contributed by atoms with Gasteiger partial charge in [-0.05, 0) is 25.1 Å². The van der Waals surface area contributed by atoms with Crippen molar-refractivity contribution in [3.05, 3.63) is 51.7 Å². The Labute approximate surface area is 97.1 Å². The molecule has 1 atom stereocenters. The average Bonchev–Trinajstić information content (AvgIpc) is 2.81. The van der Waals surface area contributed by atoms with Crippen LogP contribution in [0.25, 0.3) is 5.69 Å². The van der Waals surface area contributed by atoms with Crippen molar-refractivity contribution >= 4 is 0 Å². The zero-order chi connectivity index (χ0) is 12.0. The second-order valence-electron chi connectivity index (χ2n) is 4.23. The van der Waals surface area contributed by atoms with Gasteiger partial charge in [-0.2, -0.15) is 0 Å². The van der Waals surface area contributed by atoms with Gasteiger partial charge in [-0.25, -0.2) is 9.07 Å². The Bertz CT molecular complexity index is 629. The van der Waals surface area contributed by atoms with Crippen molar-refractivity contribution in [1.29, 1.82) is 0 Å². The van der Waals surface area contributed by atoms with Crippen LogP contribution < -0.4 is 10.9 Å². The van der Waals surface area contributed by atoms with Gasteiger partial charge in [-0.1, -0.05) is 6.07 Å². The van der Waals surface area contributed by atoms with Gasteiger partial charge in [0.1, 0.15) is 5.82 Å². The Morgan fingerprint density at radius 3 is 3.00 bits per heavy atom. The average molecular weight is 233 g/mol. The lowest BCUT2D eigenvalue weighted by Gasteiger charge is -2.04. The fourth-order valence-corrected chi connectivity index (χ4v) is 2.23. The zero-order valence-electron chi connectivity index (χ0n) is 9.33. The highest BCUT2D eigenvalue weighted by Gasteiger charge is 2.25. The molecule has 3 rings (SSSR count). The van der Waals surface area contributed by atoms with Crippen LogP contribution in [0, 0.1) is 5.82 Å². The molecule has 0 saturated carbocycles. The van der Waals surface area contributed by atoms with E-state index in [1.807, 2.05) is 6.92 Å². The Kier molecular flexibility index (Phi) is 2.16. The monoisotopic (exact) mass is 233 g/mol. The summed E-state index contributed by atoms with van der Waals surface area (Å²) in [7, 11) is 0. The van der Waals surface area contributed by atoms with E-state index in [0.29, 0.717) is 12.2 Å². The zero-order valence-corrected chi connectivity index (χ0v) is 9.33. The first-order valence-electron chi connectivity index (χ1n) is 5.50. The molecule has 0 radical (unpaired) electrons. The Morgan fingerprint density at radius 1 is 1.47 bits per heavy atom. The summed E-state index contributed by atoms with van der Waals surface area (Å²) < 4.78 is 14.5. The lowest BCUT2D eigenvalue weighted by atomic mass is 10.2. The molecule has 1 aromatic carbocycles. The van der Waals surface area contributed by atoms with Crippen molar-refractivity contribution in [2.45, 2.75) is 19.5 Å². The molecule has 88 valence electrons. The van der Waals surface area contributed by atoms with E-state index in [1.165, 1.54) is 16.8 Å². The van der Waals surface area contributed by atoms with E-state index in [1.54, 1.807) is 12.1 Å². The predicted molar refractivity (Wildman–Crippen MR) is 61.6 cm³/mol. The number of nitrogens with zero attached hydrogens (tertiary/aromatic N) is 1. The molecule has 0 aliphatic carbocycles. The molecule has 2 heterocycles. The number of hydrogen-bond acceptors (Lipinski definition) is 2. The van der Waals surface area contributed by atoms with E-state index in [9.17, 15) is 9.18 Å². The molecular formula is C12H12FN3O. The molecular weight excluding hydrogens is 221 g/mol. The SMILES string of the molecule is CC1NCc2[nH]n(-c3cccc(F)c3)c(=O)c21. The Hall–Kier alpha value is -1.88. The lowest BCUT2D eigenvalue weighted by molar-refractivity contribution is 0.608. The van der Waals surface area contributed by atoms with Crippen molar-refractivity contribution in [2.24, 2.45) is 0 Å². The maximum absolute atomic E-state index is 13.1. The fraction of sp³-hybridized carbons (Fsp3) is 0.250. The predicted octanol–water partition coefficient (Wildman–Crippen LogP) is 1.47. The van der Waals surface area contributed by atoms with E-state index in [-0.39, 0.29) is 17.4 Å². The van der Waals surface area contributed by atoms with Crippen LogP contribution in [-0.4, -0.2) is 9.78 Å². The maximum Gasteiger partial charge on any atom is 0.276 e. The highest BCUT2D eigenvalue weighted by molar-refractivity contribution is 5.35. The van der Waals surface area contributed by atoms with Crippen molar-refractivity contribution in [2.75, 3.05) is 0 Å². The second-order valence-corrected chi connectivity index (χ2v) is 4.23. The van der Waals surface area contributed by atoms with Crippen molar-refractivity contribution in [3.63, 3.8) is 0 Å². The third-order valence-electron chi connectivity index (χ3n) is 3.09. The van der Waals surface area contributed by atoms with Gasteiger partial charge in [0.05, 0.1) is 16.9 Å². The van der Waals surface area contributed by atoms with Crippen molar-refractivity contribution in [1.82, 2.24) is 15.1 Å². The van der Waals surface area contributed by atoms with Crippen LogP contribution in [0.5, 0.6) is 0 Å². The van der Waals surface area contributed by atoms with Crippen LogP contribution in [0.2, 0.25) is 0 Å². The standard InChI is InChI=1S/C12H12FN3O/c1-7-11-10(6-14-7)15-16(12(11)17)9-4-2-3-8(13)5-9/h2-5,7,14-15H,6H2,1H3. The maximum atomic E-state index is 13.1. The van der Waals surface area contributed by atoms with Gasteiger partial charge < -0.3 is 5.32 Å². The van der Waals surface area contributed by atoms with Gasteiger partial charge in [0, 0.05) is 12.6 Å². The molecule has 2 N–H and O–H groups in total. The van der Waals surface area contributed by atoms with Crippen LogP contribution in [0.4, 0.5) is 4.39 Å². The third kappa shape index (κ3) is 1.51. The molecule has 17 heavy (non-hydrogen) atoms. The summed E-state index contributed by atoms with van der Waals surface area (Å²) in [5, 5.41) is 6.19. The number of aromatic nitrogens is 2. The van der Waals surface area contributed by atoms with Gasteiger partial charge in [0.15, 0.2) is 0 Å². The molecule has 0 fully saturated rings.